The molecule has 2 rings (SSSR count). The molecule has 0 amide bonds. The van der Waals surface area contributed by atoms with E-state index in [1.807, 2.05) is 13.8 Å². The van der Waals surface area contributed by atoms with Crippen LogP contribution in [-0.2, 0) is 12.6 Å². The standard InChI is InChI=1S/C13H11ClF3N3O/c1-3-8-9(5-4-7(2)18-8)21-11-6-10(14)19-12(20-11)13(15,16)17/h4-6H,3H2,1-2H3. The fraction of sp³-hybridized carbons (Fsp3) is 0.308. The van der Waals surface area contributed by atoms with Crippen LogP contribution in [0.4, 0.5) is 13.2 Å². The molecule has 0 spiro atoms. The van der Waals surface area contributed by atoms with Gasteiger partial charge in [-0.25, -0.2) is 4.98 Å². The Balaban J connectivity index is 2.38. The second-order valence-electron chi connectivity index (χ2n) is 4.20. The first-order chi connectivity index (χ1) is 9.79. The number of alkyl halides is 3. The van der Waals surface area contributed by atoms with E-state index in [1.54, 1.807) is 12.1 Å². The smallest absolute Gasteiger partial charge is 0.437 e. The van der Waals surface area contributed by atoms with E-state index in [-0.39, 0.29) is 11.0 Å². The van der Waals surface area contributed by atoms with Gasteiger partial charge in [-0.3, -0.25) is 4.98 Å². The van der Waals surface area contributed by atoms with Gasteiger partial charge in [-0.15, -0.1) is 0 Å². The number of aromatic nitrogens is 3. The average molecular weight is 318 g/mol. The zero-order valence-electron chi connectivity index (χ0n) is 11.2. The van der Waals surface area contributed by atoms with Crippen LogP contribution in [0.15, 0.2) is 18.2 Å². The van der Waals surface area contributed by atoms with E-state index in [2.05, 4.69) is 15.0 Å². The fourth-order valence-electron chi connectivity index (χ4n) is 1.63. The summed E-state index contributed by atoms with van der Waals surface area (Å²) in [4.78, 5) is 10.7. The van der Waals surface area contributed by atoms with Gasteiger partial charge in [0.25, 0.3) is 0 Å². The van der Waals surface area contributed by atoms with E-state index in [4.69, 9.17) is 16.3 Å². The number of aryl methyl sites for hydroxylation is 2. The summed E-state index contributed by atoms with van der Waals surface area (Å²) in [5.41, 5.74) is 1.41. The summed E-state index contributed by atoms with van der Waals surface area (Å²) in [5, 5.41) is -0.342. The molecule has 4 nitrogen and oxygen atoms in total. The van der Waals surface area contributed by atoms with Gasteiger partial charge in [-0.2, -0.15) is 18.2 Å². The zero-order valence-corrected chi connectivity index (χ0v) is 12.0. The first-order valence-corrected chi connectivity index (χ1v) is 6.43. The molecule has 0 aliphatic rings. The van der Waals surface area contributed by atoms with Crippen molar-refractivity contribution in [1.82, 2.24) is 15.0 Å². The highest BCUT2D eigenvalue weighted by atomic mass is 35.5. The van der Waals surface area contributed by atoms with Crippen molar-refractivity contribution in [3.63, 3.8) is 0 Å². The first kappa shape index (κ1) is 15.5. The number of hydrogen-bond acceptors (Lipinski definition) is 4. The summed E-state index contributed by atoms with van der Waals surface area (Å²) in [6.45, 7) is 3.68. The maximum Gasteiger partial charge on any atom is 0.451 e. The highest BCUT2D eigenvalue weighted by molar-refractivity contribution is 6.29. The number of pyridine rings is 1. The molecule has 0 aliphatic heterocycles. The normalized spacial score (nSPS) is 11.5. The molecule has 2 heterocycles. The van der Waals surface area contributed by atoms with Crippen molar-refractivity contribution in [2.24, 2.45) is 0 Å². The highest BCUT2D eigenvalue weighted by Gasteiger charge is 2.35. The Morgan fingerprint density at radius 2 is 1.90 bits per heavy atom. The molecule has 0 radical (unpaired) electrons. The quantitative estimate of drug-likeness (QED) is 0.796. The predicted octanol–water partition coefficient (Wildman–Crippen LogP) is 4.21. The second kappa shape index (κ2) is 5.85. The van der Waals surface area contributed by atoms with Gasteiger partial charge >= 0.3 is 6.18 Å². The Morgan fingerprint density at radius 3 is 2.52 bits per heavy atom. The predicted molar refractivity (Wildman–Crippen MR) is 70.5 cm³/mol. The Labute approximate surface area is 124 Å². The van der Waals surface area contributed by atoms with E-state index in [0.717, 1.165) is 11.8 Å². The van der Waals surface area contributed by atoms with Crippen LogP contribution in [0, 0.1) is 6.92 Å². The van der Waals surface area contributed by atoms with Gasteiger partial charge in [-0.05, 0) is 25.5 Å². The van der Waals surface area contributed by atoms with Crippen molar-refractivity contribution in [2.75, 3.05) is 0 Å². The van der Waals surface area contributed by atoms with Gasteiger partial charge < -0.3 is 4.74 Å². The lowest BCUT2D eigenvalue weighted by molar-refractivity contribution is -0.145. The molecule has 21 heavy (non-hydrogen) atoms. The molecule has 0 saturated carbocycles. The Kier molecular flexibility index (Phi) is 4.32. The molecule has 0 aromatic carbocycles. The summed E-state index contributed by atoms with van der Waals surface area (Å²) in [6.07, 6.45) is -4.12. The largest absolute Gasteiger partial charge is 0.451 e. The number of rotatable bonds is 3. The number of nitrogens with zero attached hydrogens (tertiary/aromatic N) is 3. The molecule has 0 atom stereocenters. The maximum atomic E-state index is 12.6. The van der Waals surface area contributed by atoms with Gasteiger partial charge in [0.1, 0.15) is 5.15 Å². The summed E-state index contributed by atoms with van der Waals surface area (Å²) < 4.78 is 43.3. The van der Waals surface area contributed by atoms with Crippen molar-refractivity contribution in [1.29, 1.82) is 0 Å². The van der Waals surface area contributed by atoms with Crippen molar-refractivity contribution < 1.29 is 17.9 Å². The van der Waals surface area contributed by atoms with Gasteiger partial charge in [0, 0.05) is 11.8 Å². The highest BCUT2D eigenvalue weighted by Crippen LogP contribution is 2.31. The third-order valence-corrected chi connectivity index (χ3v) is 2.74. The third-order valence-electron chi connectivity index (χ3n) is 2.55. The van der Waals surface area contributed by atoms with Crippen LogP contribution in [0.5, 0.6) is 11.6 Å². The molecule has 0 fully saturated rings. The molecule has 0 saturated heterocycles. The molecule has 8 heteroatoms. The molecular formula is C13H11ClF3N3O. The summed E-state index contributed by atoms with van der Waals surface area (Å²) in [7, 11) is 0. The van der Waals surface area contributed by atoms with E-state index in [9.17, 15) is 13.2 Å². The lowest BCUT2D eigenvalue weighted by Crippen LogP contribution is -2.11. The molecule has 2 aromatic heterocycles. The Hall–Kier alpha value is -1.89. The van der Waals surface area contributed by atoms with E-state index >= 15 is 0 Å². The van der Waals surface area contributed by atoms with Gasteiger partial charge in [-0.1, -0.05) is 18.5 Å². The number of hydrogen-bond donors (Lipinski definition) is 0. The van der Waals surface area contributed by atoms with Crippen LogP contribution < -0.4 is 4.74 Å². The summed E-state index contributed by atoms with van der Waals surface area (Å²) >= 11 is 5.57. The zero-order chi connectivity index (χ0) is 15.6. The van der Waals surface area contributed by atoms with Gasteiger partial charge in [0.2, 0.25) is 11.7 Å². The molecular weight excluding hydrogens is 307 g/mol. The molecule has 0 aliphatic carbocycles. The second-order valence-corrected chi connectivity index (χ2v) is 4.59. The van der Waals surface area contributed by atoms with Crippen molar-refractivity contribution in [3.05, 3.63) is 40.6 Å². The average Bonchev–Trinajstić information content (AvgIpc) is 2.39. The monoisotopic (exact) mass is 317 g/mol. The SMILES string of the molecule is CCc1nc(C)ccc1Oc1cc(Cl)nc(C(F)(F)F)n1. The van der Waals surface area contributed by atoms with Crippen molar-refractivity contribution in [2.45, 2.75) is 26.4 Å². The van der Waals surface area contributed by atoms with Crippen LogP contribution in [-0.4, -0.2) is 15.0 Å². The van der Waals surface area contributed by atoms with Crippen LogP contribution in [0.2, 0.25) is 5.15 Å². The third kappa shape index (κ3) is 3.81. The lowest BCUT2D eigenvalue weighted by atomic mass is 10.2. The fourth-order valence-corrected chi connectivity index (χ4v) is 1.81. The minimum Gasteiger partial charge on any atom is -0.437 e. The topological polar surface area (TPSA) is 47.9 Å². The van der Waals surface area contributed by atoms with E-state index in [1.165, 1.54) is 0 Å². The van der Waals surface area contributed by atoms with Crippen LogP contribution in [0.3, 0.4) is 0 Å². The van der Waals surface area contributed by atoms with Gasteiger partial charge in [0.05, 0.1) is 5.69 Å². The molecule has 112 valence electrons. The number of halogens is 4. The lowest BCUT2D eigenvalue weighted by Gasteiger charge is -2.11. The molecule has 0 bridgehead atoms. The Bertz CT molecular complexity index is 662. The molecule has 2 aromatic rings. The van der Waals surface area contributed by atoms with Crippen LogP contribution in [0.1, 0.15) is 24.1 Å². The Morgan fingerprint density at radius 1 is 1.19 bits per heavy atom. The summed E-state index contributed by atoms with van der Waals surface area (Å²) in [6, 6.07) is 4.45. The molecule has 0 N–H and O–H groups in total. The van der Waals surface area contributed by atoms with E-state index in [0.29, 0.717) is 17.9 Å². The van der Waals surface area contributed by atoms with E-state index < -0.39 is 12.0 Å². The first-order valence-electron chi connectivity index (χ1n) is 6.05. The minimum atomic E-state index is -4.69. The summed E-state index contributed by atoms with van der Waals surface area (Å²) in [5.74, 6) is -1.28. The molecule has 0 unspecified atom stereocenters. The van der Waals surface area contributed by atoms with Crippen molar-refractivity contribution in [3.8, 4) is 11.6 Å². The number of ether oxygens (including phenoxy) is 1. The minimum absolute atomic E-state index is 0.275. The maximum absolute atomic E-state index is 12.6. The van der Waals surface area contributed by atoms with Crippen LogP contribution >= 0.6 is 11.6 Å². The van der Waals surface area contributed by atoms with Crippen LogP contribution in [0.25, 0.3) is 0 Å². The van der Waals surface area contributed by atoms with Gasteiger partial charge in [0.15, 0.2) is 5.75 Å². The van der Waals surface area contributed by atoms with Crippen molar-refractivity contribution >= 4 is 11.6 Å².